The van der Waals surface area contributed by atoms with Gasteiger partial charge in [0.15, 0.2) is 11.5 Å². The second kappa shape index (κ2) is 6.37. The molecule has 0 unspecified atom stereocenters. The molecule has 2 heterocycles. The highest BCUT2D eigenvalue weighted by molar-refractivity contribution is 8.00. The molecule has 5 nitrogen and oxygen atoms in total. The Labute approximate surface area is 122 Å². The van der Waals surface area contributed by atoms with Crippen LogP contribution in [0.3, 0.4) is 0 Å². The number of thioether (sulfide) groups is 1. The number of ether oxygens (including phenoxy) is 2. The maximum absolute atomic E-state index is 11.9. The molecule has 108 valence electrons. The predicted molar refractivity (Wildman–Crippen MR) is 79.5 cm³/mol. The fourth-order valence-electron chi connectivity index (χ4n) is 2.33. The van der Waals surface area contributed by atoms with E-state index in [2.05, 4.69) is 10.6 Å². The van der Waals surface area contributed by atoms with Crippen molar-refractivity contribution in [2.24, 2.45) is 0 Å². The molecule has 1 aromatic carbocycles. The first-order chi connectivity index (χ1) is 9.81. The Kier molecular flexibility index (Phi) is 4.32. The minimum Gasteiger partial charge on any atom is -0.454 e. The van der Waals surface area contributed by atoms with Crippen molar-refractivity contribution in [2.75, 3.05) is 31.0 Å². The van der Waals surface area contributed by atoms with Crippen molar-refractivity contribution >= 4 is 23.4 Å². The summed E-state index contributed by atoms with van der Waals surface area (Å²) in [7, 11) is 0. The van der Waals surface area contributed by atoms with Crippen LogP contribution in [-0.2, 0) is 4.79 Å². The van der Waals surface area contributed by atoms with Crippen molar-refractivity contribution in [1.29, 1.82) is 0 Å². The molecule has 2 N–H and O–H groups in total. The zero-order valence-corrected chi connectivity index (χ0v) is 12.0. The van der Waals surface area contributed by atoms with Crippen LogP contribution in [0.2, 0.25) is 0 Å². The van der Waals surface area contributed by atoms with Crippen molar-refractivity contribution in [3.05, 3.63) is 18.2 Å². The molecule has 1 saturated heterocycles. The Bertz CT molecular complexity index is 489. The van der Waals surface area contributed by atoms with Gasteiger partial charge in [0.05, 0.1) is 5.75 Å². The van der Waals surface area contributed by atoms with Crippen LogP contribution in [0.5, 0.6) is 11.5 Å². The third-order valence-electron chi connectivity index (χ3n) is 3.39. The molecule has 6 heteroatoms. The lowest BCUT2D eigenvalue weighted by atomic mass is 10.2. The molecule has 1 amide bonds. The molecular weight excluding hydrogens is 276 g/mol. The number of hydrogen-bond acceptors (Lipinski definition) is 5. The standard InChI is InChI=1S/C14H18N2O3S/c17-14(8-20-11-3-5-15-6-4-11)16-10-1-2-12-13(7-10)19-9-18-12/h1-2,7,11,15H,3-6,8-9H2,(H,16,17). The van der Waals surface area contributed by atoms with Gasteiger partial charge in [-0.25, -0.2) is 0 Å². The van der Waals surface area contributed by atoms with Crippen LogP contribution in [0.1, 0.15) is 12.8 Å². The van der Waals surface area contributed by atoms with Gasteiger partial charge in [0.2, 0.25) is 12.7 Å². The molecule has 0 saturated carbocycles. The van der Waals surface area contributed by atoms with Gasteiger partial charge in [0.1, 0.15) is 0 Å². The van der Waals surface area contributed by atoms with Crippen LogP contribution in [-0.4, -0.2) is 36.8 Å². The summed E-state index contributed by atoms with van der Waals surface area (Å²) < 4.78 is 10.5. The molecule has 0 aromatic heterocycles. The Hall–Kier alpha value is -1.40. The lowest BCUT2D eigenvalue weighted by Crippen LogP contribution is -2.30. The van der Waals surface area contributed by atoms with E-state index >= 15 is 0 Å². The minimum atomic E-state index is 0.0346. The van der Waals surface area contributed by atoms with E-state index in [1.165, 1.54) is 0 Å². The fraction of sp³-hybridized carbons (Fsp3) is 0.500. The van der Waals surface area contributed by atoms with E-state index in [1.807, 2.05) is 12.1 Å². The van der Waals surface area contributed by atoms with Gasteiger partial charge in [-0.1, -0.05) is 0 Å². The van der Waals surface area contributed by atoms with Gasteiger partial charge in [-0.05, 0) is 38.1 Å². The van der Waals surface area contributed by atoms with Crippen LogP contribution in [0, 0.1) is 0 Å². The molecule has 3 rings (SSSR count). The average molecular weight is 294 g/mol. The Morgan fingerprint density at radius 2 is 2.10 bits per heavy atom. The molecular formula is C14H18N2O3S. The Morgan fingerprint density at radius 3 is 2.95 bits per heavy atom. The molecule has 0 bridgehead atoms. The summed E-state index contributed by atoms with van der Waals surface area (Å²) in [5.41, 5.74) is 0.755. The fourth-order valence-corrected chi connectivity index (χ4v) is 3.36. The van der Waals surface area contributed by atoms with Gasteiger partial charge in [-0.15, -0.1) is 11.8 Å². The van der Waals surface area contributed by atoms with E-state index in [4.69, 9.17) is 9.47 Å². The van der Waals surface area contributed by atoms with Gasteiger partial charge in [0.25, 0.3) is 0 Å². The molecule has 0 atom stereocenters. The summed E-state index contributed by atoms with van der Waals surface area (Å²) in [6.07, 6.45) is 2.28. The highest BCUT2D eigenvalue weighted by Crippen LogP contribution is 2.34. The lowest BCUT2D eigenvalue weighted by Gasteiger charge is -2.21. The van der Waals surface area contributed by atoms with Crippen molar-refractivity contribution in [1.82, 2.24) is 5.32 Å². The zero-order valence-electron chi connectivity index (χ0n) is 11.2. The second-order valence-corrected chi connectivity index (χ2v) is 6.17. The summed E-state index contributed by atoms with van der Waals surface area (Å²) in [5, 5.41) is 6.82. The number of carbonyl (C=O) groups excluding carboxylic acids is 1. The molecule has 0 spiro atoms. The first kappa shape index (κ1) is 13.6. The normalized spacial score (nSPS) is 18.0. The van der Waals surface area contributed by atoms with E-state index in [1.54, 1.807) is 17.8 Å². The lowest BCUT2D eigenvalue weighted by molar-refractivity contribution is -0.113. The smallest absolute Gasteiger partial charge is 0.234 e. The quantitative estimate of drug-likeness (QED) is 0.887. The van der Waals surface area contributed by atoms with Crippen molar-refractivity contribution in [3.63, 3.8) is 0 Å². The van der Waals surface area contributed by atoms with E-state index < -0.39 is 0 Å². The SMILES string of the molecule is O=C(CSC1CCNCC1)Nc1ccc2c(c1)OCO2. The van der Waals surface area contributed by atoms with E-state index in [0.29, 0.717) is 16.8 Å². The number of nitrogens with one attached hydrogen (secondary N) is 2. The number of piperidine rings is 1. The third-order valence-corrected chi connectivity index (χ3v) is 4.76. The van der Waals surface area contributed by atoms with E-state index in [-0.39, 0.29) is 12.7 Å². The van der Waals surface area contributed by atoms with Gasteiger partial charge >= 0.3 is 0 Å². The number of fused-ring (bicyclic) bond motifs is 1. The summed E-state index contributed by atoms with van der Waals surface area (Å²) in [5.74, 6) is 1.95. The second-order valence-electron chi connectivity index (χ2n) is 4.88. The van der Waals surface area contributed by atoms with Gasteiger partial charge in [-0.2, -0.15) is 0 Å². The summed E-state index contributed by atoms with van der Waals surface area (Å²) in [6, 6.07) is 5.45. The van der Waals surface area contributed by atoms with E-state index in [9.17, 15) is 4.79 Å². The van der Waals surface area contributed by atoms with Crippen LogP contribution in [0.25, 0.3) is 0 Å². The highest BCUT2D eigenvalue weighted by Gasteiger charge is 2.16. The van der Waals surface area contributed by atoms with Crippen molar-refractivity contribution in [2.45, 2.75) is 18.1 Å². The maximum Gasteiger partial charge on any atom is 0.234 e. The molecule has 1 fully saturated rings. The molecule has 2 aliphatic rings. The first-order valence-electron chi connectivity index (χ1n) is 6.83. The molecule has 0 radical (unpaired) electrons. The monoisotopic (exact) mass is 294 g/mol. The van der Waals surface area contributed by atoms with Crippen LogP contribution >= 0.6 is 11.8 Å². The number of hydrogen-bond donors (Lipinski definition) is 2. The topological polar surface area (TPSA) is 59.6 Å². The summed E-state index contributed by atoms with van der Waals surface area (Å²) in [4.78, 5) is 11.9. The number of amides is 1. The van der Waals surface area contributed by atoms with Crippen LogP contribution < -0.4 is 20.1 Å². The largest absolute Gasteiger partial charge is 0.454 e. The van der Waals surface area contributed by atoms with Gasteiger partial charge < -0.3 is 20.1 Å². The maximum atomic E-state index is 11.9. The molecule has 0 aliphatic carbocycles. The minimum absolute atomic E-state index is 0.0346. The number of anilines is 1. The van der Waals surface area contributed by atoms with Crippen LogP contribution in [0.4, 0.5) is 5.69 Å². The highest BCUT2D eigenvalue weighted by atomic mass is 32.2. The van der Waals surface area contributed by atoms with E-state index in [0.717, 1.165) is 37.4 Å². The predicted octanol–water partition coefficient (Wildman–Crippen LogP) is 1.84. The number of benzene rings is 1. The number of rotatable bonds is 4. The van der Waals surface area contributed by atoms with Crippen molar-refractivity contribution < 1.29 is 14.3 Å². The number of carbonyl (C=O) groups is 1. The van der Waals surface area contributed by atoms with Gasteiger partial charge in [-0.3, -0.25) is 4.79 Å². The molecule has 20 heavy (non-hydrogen) atoms. The zero-order chi connectivity index (χ0) is 13.8. The Balaban J connectivity index is 1.48. The van der Waals surface area contributed by atoms with Crippen LogP contribution in [0.15, 0.2) is 18.2 Å². The average Bonchev–Trinajstić information content (AvgIpc) is 2.94. The van der Waals surface area contributed by atoms with Gasteiger partial charge in [0, 0.05) is 17.0 Å². The molecule has 1 aromatic rings. The third kappa shape index (κ3) is 3.37. The Morgan fingerprint density at radius 1 is 1.30 bits per heavy atom. The summed E-state index contributed by atoms with van der Waals surface area (Å²) >= 11 is 1.74. The molecule has 2 aliphatic heterocycles. The summed E-state index contributed by atoms with van der Waals surface area (Å²) in [6.45, 7) is 2.36. The first-order valence-corrected chi connectivity index (χ1v) is 7.88. The van der Waals surface area contributed by atoms with Crippen molar-refractivity contribution in [3.8, 4) is 11.5 Å².